The summed E-state index contributed by atoms with van der Waals surface area (Å²) in [6.45, 7) is 1.87. The number of nitrogens with two attached hydrogens (primary N) is 1. The minimum atomic E-state index is -0.324. The average Bonchev–Trinajstić information content (AvgIpc) is 2.65. The highest BCUT2D eigenvalue weighted by atomic mass is 35.5. The van der Waals surface area contributed by atoms with Crippen LogP contribution in [0.2, 0.25) is 10.0 Å². The van der Waals surface area contributed by atoms with Gasteiger partial charge in [-0.05, 0) is 42.8 Å². The number of carbonyl (C=O) groups is 1. The third-order valence-corrected chi connectivity index (χ3v) is 4.29. The molecule has 1 amide bonds. The molecule has 7 heteroatoms. The van der Waals surface area contributed by atoms with Crippen LogP contribution in [0.15, 0.2) is 60.8 Å². The van der Waals surface area contributed by atoms with E-state index in [0.29, 0.717) is 27.0 Å². The van der Waals surface area contributed by atoms with Gasteiger partial charge in [-0.15, -0.1) is 0 Å². The number of benzene rings is 2. The Balaban J connectivity index is 1.74. The summed E-state index contributed by atoms with van der Waals surface area (Å²) in [5.41, 5.74) is 7.81. The highest BCUT2D eigenvalue weighted by molar-refractivity contribution is 6.31. The zero-order valence-electron chi connectivity index (χ0n) is 14.4. The van der Waals surface area contributed by atoms with Gasteiger partial charge in [0, 0.05) is 28.5 Å². The summed E-state index contributed by atoms with van der Waals surface area (Å²) in [4.78, 5) is 16.4. The Morgan fingerprint density at radius 2 is 1.89 bits per heavy atom. The largest absolute Gasteiger partial charge is 0.482 e. The molecule has 1 heterocycles. The van der Waals surface area contributed by atoms with Crippen LogP contribution in [0.25, 0.3) is 0 Å². The zero-order chi connectivity index (χ0) is 19.4. The van der Waals surface area contributed by atoms with Gasteiger partial charge in [0.25, 0.3) is 5.91 Å². The Morgan fingerprint density at radius 3 is 2.67 bits per heavy atom. The molecule has 0 radical (unpaired) electrons. The van der Waals surface area contributed by atoms with Gasteiger partial charge in [-0.25, -0.2) is 4.98 Å². The molecular formula is C20H17Cl2N3O2. The van der Waals surface area contributed by atoms with Crippen LogP contribution >= 0.6 is 23.2 Å². The van der Waals surface area contributed by atoms with Gasteiger partial charge in [0.15, 0.2) is 11.6 Å². The molecule has 0 saturated heterocycles. The maximum atomic E-state index is 12.4. The highest BCUT2D eigenvalue weighted by Crippen LogP contribution is 2.29. The predicted octanol–water partition coefficient (Wildman–Crippen LogP) is 5.36. The Bertz CT molecular complexity index is 979. The molecule has 0 aliphatic heterocycles. The first-order valence-electron chi connectivity index (χ1n) is 8.17. The summed E-state index contributed by atoms with van der Waals surface area (Å²) in [6, 6.07) is 15.7. The molecule has 0 bridgehead atoms. The molecule has 5 nitrogen and oxygen atoms in total. The number of amides is 1. The number of nitrogen functional groups attached to an aromatic ring is 1. The SMILES string of the molecule is CC(Oc1cc(Cl)cnc1N)c1cccc(NC(=O)c2cccc(Cl)c2)c1. The second kappa shape index (κ2) is 8.29. The number of hydrogen-bond donors (Lipinski definition) is 2. The van der Waals surface area contributed by atoms with Gasteiger partial charge in [0.2, 0.25) is 0 Å². The Hall–Kier alpha value is -2.76. The standard InChI is InChI=1S/C20H17Cl2N3O2/c1-12(27-18-10-16(22)11-24-19(18)23)13-4-3-7-17(9-13)25-20(26)14-5-2-6-15(21)8-14/h2-12H,1H3,(H2,23,24)(H,25,26). The molecule has 1 unspecified atom stereocenters. The lowest BCUT2D eigenvalue weighted by Gasteiger charge is -2.17. The maximum Gasteiger partial charge on any atom is 0.255 e. The smallest absolute Gasteiger partial charge is 0.255 e. The monoisotopic (exact) mass is 401 g/mol. The molecule has 1 atom stereocenters. The second-order valence-corrected chi connectivity index (χ2v) is 6.76. The number of aromatic nitrogens is 1. The van der Waals surface area contributed by atoms with Crippen molar-refractivity contribution in [3.05, 3.63) is 82.0 Å². The molecule has 3 aromatic rings. The van der Waals surface area contributed by atoms with Gasteiger partial charge in [0.1, 0.15) is 6.10 Å². The van der Waals surface area contributed by atoms with Crippen molar-refractivity contribution in [2.75, 3.05) is 11.1 Å². The summed E-state index contributed by atoms with van der Waals surface area (Å²) >= 11 is 11.9. The zero-order valence-corrected chi connectivity index (χ0v) is 16.0. The van der Waals surface area contributed by atoms with E-state index in [1.807, 2.05) is 25.1 Å². The molecule has 0 aliphatic carbocycles. The first kappa shape index (κ1) is 19.0. The van der Waals surface area contributed by atoms with Crippen LogP contribution in [0.1, 0.15) is 28.9 Å². The second-order valence-electron chi connectivity index (χ2n) is 5.89. The maximum absolute atomic E-state index is 12.4. The number of ether oxygens (including phenoxy) is 1. The van der Waals surface area contributed by atoms with Crippen molar-refractivity contribution in [1.82, 2.24) is 4.98 Å². The van der Waals surface area contributed by atoms with E-state index in [2.05, 4.69) is 10.3 Å². The first-order valence-corrected chi connectivity index (χ1v) is 8.92. The lowest BCUT2D eigenvalue weighted by atomic mass is 10.1. The van der Waals surface area contributed by atoms with Crippen molar-refractivity contribution in [2.24, 2.45) is 0 Å². The summed E-state index contributed by atoms with van der Waals surface area (Å²) in [7, 11) is 0. The molecule has 3 rings (SSSR count). The summed E-state index contributed by atoms with van der Waals surface area (Å²) < 4.78 is 5.87. The van der Waals surface area contributed by atoms with E-state index < -0.39 is 0 Å². The van der Waals surface area contributed by atoms with Gasteiger partial charge in [-0.2, -0.15) is 0 Å². The van der Waals surface area contributed by atoms with Crippen molar-refractivity contribution in [2.45, 2.75) is 13.0 Å². The number of nitrogens with one attached hydrogen (secondary N) is 1. The molecule has 27 heavy (non-hydrogen) atoms. The molecule has 0 fully saturated rings. The van der Waals surface area contributed by atoms with Crippen LogP contribution < -0.4 is 15.8 Å². The number of pyridine rings is 1. The summed E-state index contributed by atoms with van der Waals surface area (Å²) in [6.07, 6.45) is 1.14. The van der Waals surface area contributed by atoms with Crippen molar-refractivity contribution in [3.8, 4) is 5.75 Å². The molecular weight excluding hydrogens is 385 g/mol. The van der Waals surface area contributed by atoms with E-state index in [1.54, 1.807) is 36.4 Å². The quantitative estimate of drug-likeness (QED) is 0.602. The van der Waals surface area contributed by atoms with E-state index in [9.17, 15) is 4.79 Å². The Labute approximate surface area is 167 Å². The van der Waals surface area contributed by atoms with Crippen molar-refractivity contribution in [3.63, 3.8) is 0 Å². The van der Waals surface area contributed by atoms with Gasteiger partial charge >= 0.3 is 0 Å². The third kappa shape index (κ3) is 4.90. The lowest BCUT2D eigenvalue weighted by Crippen LogP contribution is -2.12. The first-order chi connectivity index (χ1) is 12.9. The Morgan fingerprint density at radius 1 is 1.11 bits per heavy atom. The van der Waals surface area contributed by atoms with Crippen molar-refractivity contribution >= 4 is 40.6 Å². The molecule has 1 aromatic heterocycles. The summed E-state index contributed by atoms with van der Waals surface area (Å²) in [5, 5.41) is 3.80. The topological polar surface area (TPSA) is 77.2 Å². The molecule has 0 aliphatic rings. The van der Waals surface area contributed by atoms with Crippen molar-refractivity contribution < 1.29 is 9.53 Å². The van der Waals surface area contributed by atoms with E-state index in [1.165, 1.54) is 6.20 Å². The van der Waals surface area contributed by atoms with E-state index in [-0.39, 0.29) is 17.8 Å². The van der Waals surface area contributed by atoms with Crippen LogP contribution in [0.3, 0.4) is 0 Å². The van der Waals surface area contributed by atoms with Crippen LogP contribution in [-0.2, 0) is 0 Å². The fourth-order valence-electron chi connectivity index (χ4n) is 2.49. The third-order valence-electron chi connectivity index (χ3n) is 3.85. The Kier molecular flexibility index (Phi) is 5.84. The minimum Gasteiger partial charge on any atom is -0.482 e. The number of rotatable bonds is 5. The number of carbonyl (C=O) groups excluding carboxylic acids is 1. The number of hydrogen-bond acceptors (Lipinski definition) is 4. The van der Waals surface area contributed by atoms with E-state index in [4.69, 9.17) is 33.7 Å². The van der Waals surface area contributed by atoms with Crippen molar-refractivity contribution in [1.29, 1.82) is 0 Å². The van der Waals surface area contributed by atoms with Crippen LogP contribution in [0, 0.1) is 0 Å². The predicted molar refractivity (Wildman–Crippen MR) is 109 cm³/mol. The van der Waals surface area contributed by atoms with Gasteiger partial charge in [0.05, 0.1) is 5.02 Å². The van der Waals surface area contributed by atoms with E-state index >= 15 is 0 Å². The van der Waals surface area contributed by atoms with Crippen LogP contribution in [0.5, 0.6) is 5.75 Å². The fraction of sp³-hybridized carbons (Fsp3) is 0.100. The van der Waals surface area contributed by atoms with Gasteiger partial charge in [-0.1, -0.05) is 41.4 Å². The molecule has 0 saturated carbocycles. The molecule has 0 spiro atoms. The normalized spacial score (nSPS) is 11.7. The van der Waals surface area contributed by atoms with Crippen LogP contribution in [0.4, 0.5) is 11.5 Å². The van der Waals surface area contributed by atoms with Gasteiger partial charge in [-0.3, -0.25) is 4.79 Å². The lowest BCUT2D eigenvalue weighted by molar-refractivity contribution is 0.102. The minimum absolute atomic E-state index is 0.244. The molecule has 138 valence electrons. The van der Waals surface area contributed by atoms with Crippen LogP contribution in [-0.4, -0.2) is 10.9 Å². The van der Waals surface area contributed by atoms with Gasteiger partial charge < -0.3 is 15.8 Å². The number of halogens is 2. The summed E-state index contributed by atoms with van der Waals surface area (Å²) in [5.74, 6) is 0.423. The highest BCUT2D eigenvalue weighted by Gasteiger charge is 2.13. The molecule has 3 N–H and O–H groups in total. The fourth-order valence-corrected chi connectivity index (χ4v) is 2.82. The average molecular weight is 402 g/mol. The number of anilines is 2. The number of nitrogens with zero attached hydrogens (tertiary/aromatic N) is 1. The molecule has 2 aromatic carbocycles. The van der Waals surface area contributed by atoms with E-state index in [0.717, 1.165) is 5.56 Å².